The first-order valence-electron chi connectivity index (χ1n) is 10.1. The summed E-state index contributed by atoms with van der Waals surface area (Å²) in [5.41, 5.74) is 5.95. The van der Waals surface area contributed by atoms with Gasteiger partial charge in [0.1, 0.15) is 11.6 Å². The van der Waals surface area contributed by atoms with Gasteiger partial charge in [0.25, 0.3) is 5.91 Å². The standard InChI is InChI=1S/C24H26IN3O/c1-3-22(19-9-8-17-6-4-5-7-18(17)13-19)28-24(29)20(14-26)15-27-23-11-10-21(25)12-16(23)2/h8-13,15,22,27H,3-7H2,1-2H3,(H,28,29)/b20-15-. The number of halogens is 1. The van der Waals surface area contributed by atoms with Crippen LogP contribution in [0.3, 0.4) is 0 Å². The predicted octanol–water partition coefficient (Wildman–Crippen LogP) is 5.57. The molecule has 1 unspecified atom stereocenters. The fraction of sp³-hybridized carbons (Fsp3) is 0.333. The first-order chi connectivity index (χ1) is 14.0. The number of nitrogens with one attached hydrogen (secondary N) is 2. The third kappa shape index (κ3) is 5.39. The van der Waals surface area contributed by atoms with Crippen LogP contribution in [0.2, 0.25) is 0 Å². The monoisotopic (exact) mass is 499 g/mol. The molecule has 150 valence electrons. The van der Waals surface area contributed by atoms with Gasteiger partial charge >= 0.3 is 0 Å². The summed E-state index contributed by atoms with van der Waals surface area (Å²) in [5.74, 6) is -0.354. The van der Waals surface area contributed by atoms with Crippen molar-refractivity contribution >= 4 is 34.2 Å². The SMILES string of the molecule is CCC(NC(=O)/C(C#N)=C\Nc1ccc(I)cc1C)c1ccc2c(c1)CCCC2. The first kappa shape index (κ1) is 21.4. The van der Waals surface area contributed by atoms with Crippen LogP contribution in [0.1, 0.15) is 54.5 Å². The summed E-state index contributed by atoms with van der Waals surface area (Å²) in [7, 11) is 0. The molecule has 0 radical (unpaired) electrons. The molecule has 0 saturated heterocycles. The molecule has 1 amide bonds. The van der Waals surface area contributed by atoms with Crippen LogP contribution in [0.5, 0.6) is 0 Å². The van der Waals surface area contributed by atoms with Crippen molar-refractivity contribution in [3.8, 4) is 6.07 Å². The summed E-state index contributed by atoms with van der Waals surface area (Å²) in [5, 5.41) is 15.6. The molecule has 4 nitrogen and oxygen atoms in total. The second kappa shape index (κ2) is 9.93. The van der Waals surface area contributed by atoms with Crippen molar-refractivity contribution in [2.75, 3.05) is 5.32 Å². The second-order valence-corrected chi connectivity index (χ2v) is 8.69. The third-order valence-electron chi connectivity index (χ3n) is 5.41. The largest absolute Gasteiger partial charge is 0.360 e. The number of nitrogens with zero attached hydrogens (tertiary/aromatic N) is 1. The van der Waals surface area contributed by atoms with Gasteiger partial charge in [-0.05, 0) is 102 Å². The van der Waals surface area contributed by atoms with E-state index in [-0.39, 0.29) is 17.5 Å². The topological polar surface area (TPSA) is 64.9 Å². The Kier molecular flexibility index (Phi) is 7.32. The second-order valence-electron chi connectivity index (χ2n) is 7.44. The average molecular weight is 499 g/mol. The van der Waals surface area contributed by atoms with Gasteiger partial charge in [-0.1, -0.05) is 25.1 Å². The van der Waals surface area contributed by atoms with Crippen LogP contribution in [0.25, 0.3) is 0 Å². The molecule has 0 fully saturated rings. The predicted molar refractivity (Wildman–Crippen MR) is 125 cm³/mol. The Morgan fingerprint density at radius 2 is 1.97 bits per heavy atom. The van der Waals surface area contributed by atoms with E-state index in [4.69, 9.17) is 0 Å². The number of hydrogen-bond donors (Lipinski definition) is 2. The van der Waals surface area contributed by atoms with Crippen LogP contribution in [-0.4, -0.2) is 5.91 Å². The molecule has 1 atom stereocenters. The normalized spacial score (nSPS) is 14.5. The van der Waals surface area contributed by atoms with E-state index < -0.39 is 0 Å². The van der Waals surface area contributed by atoms with Gasteiger partial charge in [0.05, 0.1) is 6.04 Å². The van der Waals surface area contributed by atoms with Crippen LogP contribution in [0.15, 0.2) is 48.2 Å². The van der Waals surface area contributed by atoms with Crippen molar-refractivity contribution in [2.45, 2.75) is 52.0 Å². The molecule has 1 aliphatic carbocycles. The minimum Gasteiger partial charge on any atom is -0.360 e. The number of amides is 1. The van der Waals surface area contributed by atoms with Crippen molar-refractivity contribution in [3.63, 3.8) is 0 Å². The zero-order valence-corrected chi connectivity index (χ0v) is 19.0. The maximum atomic E-state index is 12.7. The van der Waals surface area contributed by atoms with Gasteiger partial charge in [0.15, 0.2) is 0 Å². The van der Waals surface area contributed by atoms with E-state index in [1.807, 2.05) is 38.1 Å². The van der Waals surface area contributed by atoms with Crippen LogP contribution < -0.4 is 10.6 Å². The van der Waals surface area contributed by atoms with Gasteiger partial charge in [0.2, 0.25) is 0 Å². The molecule has 0 spiro atoms. The van der Waals surface area contributed by atoms with E-state index in [9.17, 15) is 10.1 Å². The summed E-state index contributed by atoms with van der Waals surface area (Å²) >= 11 is 2.26. The van der Waals surface area contributed by atoms with Crippen molar-refractivity contribution in [3.05, 3.63) is 74.0 Å². The van der Waals surface area contributed by atoms with Crippen LogP contribution in [0, 0.1) is 21.8 Å². The number of carbonyl (C=O) groups excluding carboxylic acids is 1. The Morgan fingerprint density at radius 1 is 1.21 bits per heavy atom. The Labute approximate surface area is 186 Å². The highest BCUT2D eigenvalue weighted by Crippen LogP contribution is 2.26. The molecule has 2 aromatic carbocycles. The lowest BCUT2D eigenvalue weighted by Gasteiger charge is -2.21. The molecule has 0 aromatic heterocycles. The zero-order chi connectivity index (χ0) is 20.8. The molecule has 0 heterocycles. The molecule has 0 saturated carbocycles. The highest BCUT2D eigenvalue weighted by Gasteiger charge is 2.18. The molecular formula is C24H26IN3O. The fourth-order valence-corrected chi connectivity index (χ4v) is 4.36. The summed E-state index contributed by atoms with van der Waals surface area (Å²) in [6.07, 6.45) is 6.99. The number of carbonyl (C=O) groups is 1. The molecule has 2 N–H and O–H groups in total. The zero-order valence-electron chi connectivity index (χ0n) is 16.9. The lowest BCUT2D eigenvalue weighted by Crippen LogP contribution is -2.29. The van der Waals surface area contributed by atoms with E-state index in [1.54, 1.807) is 0 Å². The van der Waals surface area contributed by atoms with E-state index >= 15 is 0 Å². The number of benzene rings is 2. The highest BCUT2D eigenvalue weighted by molar-refractivity contribution is 14.1. The Balaban J connectivity index is 1.72. The minimum atomic E-state index is -0.354. The quantitative estimate of drug-likeness (QED) is 0.311. The Hall–Kier alpha value is -2.33. The maximum Gasteiger partial charge on any atom is 0.263 e. The molecule has 5 heteroatoms. The van der Waals surface area contributed by atoms with Gasteiger partial charge in [-0.3, -0.25) is 4.79 Å². The summed E-state index contributed by atoms with van der Waals surface area (Å²) in [6.45, 7) is 4.04. The summed E-state index contributed by atoms with van der Waals surface area (Å²) < 4.78 is 1.14. The minimum absolute atomic E-state index is 0.0689. The Bertz CT molecular complexity index is 975. The van der Waals surface area contributed by atoms with Gasteiger partial charge in [-0.25, -0.2) is 0 Å². The third-order valence-corrected chi connectivity index (χ3v) is 6.09. The molecular weight excluding hydrogens is 473 g/mol. The van der Waals surface area contributed by atoms with E-state index in [2.05, 4.69) is 51.4 Å². The van der Waals surface area contributed by atoms with Gasteiger partial charge in [-0.2, -0.15) is 5.26 Å². The van der Waals surface area contributed by atoms with Gasteiger partial charge < -0.3 is 10.6 Å². The number of aryl methyl sites for hydroxylation is 3. The number of nitriles is 1. The molecule has 29 heavy (non-hydrogen) atoms. The van der Waals surface area contributed by atoms with E-state index in [0.717, 1.165) is 39.6 Å². The number of fused-ring (bicyclic) bond motifs is 1. The summed E-state index contributed by atoms with van der Waals surface area (Å²) in [4.78, 5) is 12.7. The Morgan fingerprint density at radius 3 is 2.66 bits per heavy atom. The number of anilines is 1. The van der Waals surface area contributed by atoms with E-state index in [1.165, 1.54) is 30.2 Å². The molecule has 3 rings (SSSR count). The van der Waals surface area contributed by atoms with Gasteiger partial charge in [0, 0.05) is 15.5 Å². The van der Waals surface area contributed by atoms with Crippen molar-refractivity contribution in [1.82, 2.24) is 5.32 Å². The first-order valence-corrected chi connectivity index (χ1v) is 11.1. The molecule has 1 aliphatic rings. The van der Waals surface area contributed by atoms with Crippen molar-refractivity contribution in [2.24, 2.45) is 0 Å². The highest BCUT2D eigenvalue weighted by atomic mass is 127. The van der Waals surface area contributed by atoms with Crippen LogP contribution >= 0.6 is 22.6 Å². The van der Waals surface area contributed by atoms with Gasteiger partial charge in [-0.15, -0.1) is 0 Å². The number of hydrogen-bond acceptors (Lipinski definition) is 3. The van der Waals surface area contributed by atoms with Crippen molar-refractivity contribution < 1.29 is 4.79 Å². The van der Waals surface area contributed by atoms with Crippen molar-refractivity contribution in [1.29, 1.82) is 5.26 Å². The molecule has 0 bridgehead atoms. The smallest absolute Gasteiger partial charge is 0.263 e. The lowest BCUT2D eigenvalue weighted by molar-refractivity contribution is -0.117. The lowest BCUT2D eigenvalue weighted by atomic mass is 9.88. The molecule has 2 aromatic rings. The average Bonchev–Trinajstić information content (AvgIpc) is 2.73. The van der Waals surface area contributed by atoms with E-state index in [0.29, 0.717) is 0 Å². The maximum absolute atomic E-state index is 12.7. The summed E-state index contributed by atoms with van der Waals surface area (Å²) in [6, 6.07) is 14.4. The molecule has 0 aliphatic heterocycles. The number of rotatable bonds is 6. The van der Waals surface area contributed by atoms with Crippen LogP contribution in [-0.2, 0) is 17.6 Å². The fourth-order valence-electron chi connectivity index (χ4n) is 3.71. The van der Waals surface area contributed by atoms with Crippen LogP contribution in [0.4, 0.5) is 5.69 Å².